The number of likely N-dealkylation sites (tertiary alicyclic amines) is 1. The molecule has 1 saturated heterocycles. The molecule has 55 heavy (non-hydrogen) atoms. The molecule has 0 spiro atoms. The van der Waals surface area contributed by atoms with E-state index >= 15 is 4.39 Å². The number of ether oxygens (including phenoxy) is 3. The van der Waals surface area contributed by atoms with Crippen molar-refractivity contribution >= 4 is 50.6 Å². The minimum absolute atomic E-state index is 0.00288. The fraction of sp³-hybridized carbons (Fsp3) is 0.459. The number of thiophene rings is 1. The number of hydrogen-bond donors (Lipinski definition) is 5. The molecule has 3 aromatic rings. The number of fused-ring (bicyclic) bond motifs is 1. The molecule has 0 saturated carbocycles. The molecule has 4 rings (SSSR count). The molecule has 4 unspecified atom stereocenters. The third-order valence-corrected chi connectivity index (χ3v) is 9.76. The summed E-state index contributed by atoms with van der Waals surface area (Å²) < 4.78 is 72.4. The van der Waals surface area contributed by atoms with Crippen LogP contribution in [0.1, 0.15) is 40.1 Å². The molecular weight excluding hydrogens is 749 g/mol. The smallest absolute Gasteiger partial charge is 0.393 e. The predicted octanol–water partition coefficient (Wildman–Crippen LogP) is 3.74. The number of rotatable bonds is 17. The van der Waals surface area contributed by atoms with Gasteiger partial charge in [-0.05, 0) is 48.1 Å². The third-order valence-electron chi connectivity index (χ3n) is 8.57. The molecule has 1 fully saturated rings. The van der Waals surface area contributed by atoms with Gasteiger partial charge in [0.2, 0.25) is 5.91 Å². The number of anilines is 2. The van der Waals surface area contributed by atoms with Crippen LogP contribution in [0.4, 0.5) is 28.9 Å². The lowest BCUT2D eigenvalue weighted by Gasteiger charge is -2.36. The predicted molar refractivity (Wildman–Crippen MR) is 197 cm³/mol. The van der Waals surface area contributed by atoms with Gasteiger partial charge in [-0.1, -0.05) is 24.0 Å². The lowest BCUT2D eigenvalue weighted by atomic mass is 10.0. The number of halogens is 4. The zero-order chi connectivity index (χ0) is 40.1. The number of nitriles is 1. The van der Waals surface area contributed by atoms with Crippen molar-refractivity contribution in [3.05, 3.63) is 52.4 Å². The van der Waals surface area contributed by atoms with Gasteiger partial charge in [-0.25, -0.2) is 9.18 Å². The standard InChI is InChI=1S/C37H42F4N6O7S/c1-52-21-23(48)19-47-15-12-27(26(38)20-47)45-29-6-3-5-24-25(18-37(39,40)41)32(55-34(24)29)7-4-14-44-28-9-8-22(17-31(28)54-16-13-42)35(50)46-30(36(51)53-2)10-11-33(43)49/h3,5-6,8-9,17,23,26-27,30,44-45,48H,10-12,14-16,18-21H2,1-2H3,(H2,43,49)(H,46,50). The van der Waals surface area contributed by atoms with Crippen LogP contribution < -0.4 is 26.4 Å². The Labute approximate surface area is 319 Å². The number of piperidine rings is 1. The molecule has 1 aliphatic rings. The number of carbonyl (C=O) groups excluding carboxylic acids is 3. The van der Waals surface area contributed by atoms with Gasteiger partial charge in [0.25, 0.3) is 5.91 Å². The number of nitrogens with two attached hydrogens (primary N) is 1. The van der Waals surface area contributed by atoms with Crippen LogP contribution in [0.5, 0.6) is 5.75 Å². The van der Waals surface area contributed by atoms with Gasteiger partial charge in [0.15, 0.2) is 6.61 Å². The van der Waals surface area contributed by atoms with Crippen molar-refractivity contribution in [2.75, 3.05) is 64.2 Å². The Hall–Kier alpha value is -5.14. The lowest BCUT2D eigenvalue weighted by molar-refractivity contribution is -0.143. The molecule has 2 aromatic carbocycles. The summed E-state index contributed by atoms with van der Waals surface area (Å²) in [4.78, 5) is 38.4. The Kier molecular flexibility index (Phi) is 15.5. The average molecular weight is 791 g/mol. The van der Waals surface area contributed by atoms with Crippen LogP contribution in [-0.2, 0) is 25.5 Å². The van der Waals surface area contributed by atoms with E-state index < -0.39 is 54.7 Å². The fourth-order valence-electron chi connectivity index (χ4n) is 6.02. The number of nitrogens with one attached hydrogen (secondary N) is 3. The van der Waals surface area contributed by atoms with E-state index in [1.165, 1.54) is 25.3 Å². The SMILES string of the molecule is COCC(O)CN1CCC(Nc2cccc3c(CC(F)(F)F)c(C#CCNc4ccc(C(=O)NC(CCC(N)=O)C(=O)OC)cc4OCC#N)sc23)C(F)C1. The van der Waals surface area contributed by atoms with Crippen LogP contribution >= 0.6 is 11.3 Å². The number of nitrogens with zero attached hydrogens (tertiary/aromatic N) is 2. The highest BCUT2D eigenvalue weighted by molar-refractivity contribution is 7.20. The Morgan fingerprint density at radius 2 is 1.96 bits per heavy atom. The molecule has 13 nitrogen and oxygen atoms in total. The number of esters is 1. The second-order valence-corrected chi connectivity index (χ2v) is 13.7. The maximum absolute atomic E-state index is 15.3. The second-order valence-electron chi connectivity index (χ2n) is 12.7. The summed E-state index contributed by atoms with van der Waals surface area (Å²) in [5.74, 6) is 3.62. The van der Waals surface area contributed by atoms with Crippen molar-refractivity contribution < 1.29 is 51.3 Å². The Balaban J connectivity index is 1.52. The largest absolute Gasteiger partial charge is 0.477 e. The van der Waals surface area contributed by atoms with Crippen molar-refractivity contribution in [2.45, 2.75) is 56.2 Å². The summed E-state index contributed by atoms with van der Waals surface area (Å²) in [6.45, 7) is 0.526. The number of primary amides is 1. The van der Waals surface area contributed by atoms with Crippen LogP contribution in [0.2, 0.25) is 0 Å². The summed E-state index contributed by atoms with van der Waals surface area (Å²) in [6, 6.07) is 9.16. The topological polar surface area (TPSA) is 188 Å². The monoisotopic (exact) mass is 790 g/mol. The summed E-state index contributed by atoms with van der Waals surface area (Å²) >= 11 is 1.07. The quantitative estimate of drug-likeness (QED) is 0.0762. The van der Waals surface area contributed by atoms with Gasteiger partial charge >= 0.3 is 12.1 Å². The van der Waals surface area contributed by atoms with Gasteiger partial charge < -0.3 is 41.0 Å². The number of hydrogen-bond acceptors (Lipinski definition) is 12. The number of methoxy groups -OCH3 is 2. The van der Waals surface area contributed by atoms with Gasteiger partial charge in [0.05, 0.1) is 59.8 Å². The first-order chi connectivity index (χ1) is 26.2. The first kappa shape index (κ1) is 42.6. The summed E-state index contributed by atoms with van der Waals surface area (Å²) in [5.41, 5.74) is 6.03. The number of carbonyl (C=O) groups is 3. The molecule has 296 valence electrons. The van der Waals surface area contributed by atoms with E-state index in [1.54, 1.807) is 18.2 Å². The third kappa shape index (κ3) is 12.4. The first-order valence-corrected chi connectivity index (χ1v) is 18.0. The van der Waals surface area contributed by atoms with Gasteiger partial charge in [0.1, 0.15) is 24.0 Å². The first-order valence-electron chi connectivity index (χ1n) is 17.2. The molecule has 18 heteroatoms. The van der Waals surface area contributed by atoms with Crippen molar-refractivity contribution in [1.29, 1.82) is 5.26 Å². The Morgan fingerprint density at radius 3 is 2.64 bits per heavy atom. The van der Waals surface area contributed by atoms with Crippen molar-refractivity contribution in [3.8, 4) is 23.7 Å². The van der Waals surface area contributed by atoms with Crippen molar-refractivity contribution in [1.82, 2.24) is 10.2 Å². The molecule has 0 bridgehead atoms. The van der Waals surface area contributed by atoms with E-state index in [0.29, 0.717) is 34.4 Å². The highest BCUT2D eigenvalue weighted by Crippen LogP contribution is 2.39. The van der Waals surface area contributed by atoms with Crippen LogP contribution in [0, 0.1) is 23.2 Å². The van der Waals surface area contributed by atoms with Crippen LogP contribution in [0.15, 0.2) is 36.4 Å². The molecule has 6 N–H and O–H groups in total. The number of alkyl halides is 4. The average Bonchev–Trinajstić information content (AvgIpc) is 3.48. The molecule has 1 aromatic heterocycles. The number of aliphatic hydroxyl groups excluding tert-OH is 1. The molecule has 2 amide bonds. The zero-order valence-corrected chi connectivity index (χ0v) is 30.9. The normalized spacial score (nSPS) is 16.9. The second kappa shape index (κ2) is 20.0. The van der Waals surface area contributed by atoms with Crippen LogP contribution in [-0.4, -0.2) is 112 Å². The molecule has 0 radical (unpaired) electrons. The highest BCUT2D eigenvalue weighted by Gasteiger charge is 2.33. The molecule has 1 aliphatic heterocycles. The Morgan fingerprint density at radius 1 is 1.18 bits per heavy atom. The minimum Gasteiger partial charge on any atom is -0.477 e. The molecular formula is C37H42F4N6O7S. The van der Waals surface area contributed by atoms with E-state index in [0.717, 1.165) is 18.4 Å². The summed E-state index contributed by atoms with van der Waals surface area (Å²) in [5, 5.41) is 28.2. The maximum atomic E-state index is 15.3. The van der Waals surface area contributed by atoms with Crippen LogP contribution in [0.25, 0.3) is 10.1 Å². The molecule has 0 aliphatic carbocycles. The van der Waals surface area contributed by atoms with Crippen molar-refractivity contribution in [3.63, 3.8) is 0 Å². The van der Waals surface area contributed by atoms with E-state index in [1.807, 2.05) is 11.0 Å². The molecule has 4 atom stereocenters. The van der Waals surface area contributed by atoms with E-state index in [2.05, 4.69) is 27.8 Å². The summed E-state index contributed by atoms with van der Waals surface area (Å²) in [7, 11) is 2.60. The van der Waals surface area contributed by atoms with Gasteiger partial charge in [-0.15, -0.1) is 11.3 Å². The van der Waals surface area contributed by atoms with E-state index in [-0.39, 0.29) is 67.4 Å². The number of aliphatic hydroxyl groups is 1. The number of β-amino-alcohol motifs (C(OH)–C–C–N with tert-alkyl or cyclic N) is 1. The number of benzene rings is 2. The maximum Gasteiger partial charge on any atom is 0.393 e. The minimum atomic E-state index is -4.53. The lowest BCUT2D eigenvalue weighted by Crippen LogP contribution is -2.50. The highest BCUT2D eigenvalue weighted by atomic mass is 32.1. The van der Waals surface area contributed by atoms with Crippen molar-refractivity contribution in [2.24, 2.45) is 5.73 Å². The number of amides is 2. The van der Waals surface area contributed by atoms with Gasteiger partial charge in [-0.3, -0.25) is 14.5 Å². The zero-order valence-electron chi connectivity index (χ0n) is 30.1. The fourth-order valence-corrected chi connectivity index (χ4v) is 7.19. The Bertz CT molecular complexity index is 1930. The van der Waals surface area contributed by atoms with Gasteiger partial charge in [-0.2, -0.15) is 18.4 Å². The van der Waals surface area contributed by atoms with Crippen LogP contribution in [0.3, 0.4) is 0 Å². The van der Waals surface area contributed by atoms with Gasteiger partial charge in [0, 0.05) is 38.7 Å². The van der Waals surface area contributed by atoms with E-state index in [9.17, 15) is 32.7 Å². The van der Waals surface area contributed by atoms with E-state index in [4.69, 9.17) is 25.2 Å². The summed E-state index contributed by atoms with van der Waals surface area (Å²) in [6.07, 6.45) is -7.67. The molecule has 2 heterocycles.